The number of nitrogens with zero attached hydrogens (tertiary/aromatic N) is 2. The number of carbonyl (C=O) groups excluding carboxylic acids is 2. The summed E-state index contributed by atoms with van der Waals surface area (Å²) in [6.45, 7) is 6.62. The second-order valence-corrected chi connectivity index (χ2v) is 4.97. The Bertz CT molecular complexity index is 529. The van der Waals surface area contributed by atoms with E-state index < -0.39 is 0 Å². The lowest BCUT2D eigenvalue weighted by Gasteiger charge is -2.29. The number of rotatable bonds is 5. The largest absolute Gasteiger partial charge is 0.369 e. The molecule has 1 aliphatic rings. The van der Waals surface area contributed by atoms with Gasteiger partial charge in [-0.05, 0) is 24.3 Å². The summed E-state index contributed by atoms with van der Waals surface area (Å²) >= 11 is 0. The standard InChI is InChI=1S/C15H20N4O2/c1-11(20)15(12(2)21)18-17-13-3-5-14(6-4-13)19-9-7-16-8-10-19/h3-6,16-17H,7-10H2,1-2H3. The average molecular weight is 288 g/mol. The fourth-order valence-corrected chi connectivity index (χ4v) is 2.20. The van der Waals surface area contributed by atoms with Crippen molar-refractivity contribution in [3.8, 4) is 0 Å². The van der Waals surface area contributed by atoms with E-state index in [4.69, 9.17) is 0 Å². The lowest BCUT2D eigenvalue weighted by Crippen LogP contribution is -2.43. The summed E-state index contributed by atoms with van der Waals surface area (Å²) in [4.78, 5) is 24.8. The Morgan fingerprint density at radius 2 is 1.67 bits per heavy atom. The Hall–Kier alpha value is -2.21. The van der Waals surface area contributed by atoms with Crippen LogP contribution in [0.3, 0.4) is 0 Å². The van der Waals surface area contributed by atoms with Gasteiger partial charge in [-0.2, -0.15) is 5.10 Å². The first-order valence-corrected chi connectivity index (χ1v) is 6.99. The molecule has 1 fully saturated rings. The summed E-state index contributed by atoms with van der Waals surface area (Å²) in [5.41, 5.74) is 4.59. The number of hydrogen-bond donors (Lipinski definition) is 2. The molecule has 0 amide bonds. The van der Waals surface area contributed by atoms with Crippen LogP contribution in [0.5, 0.6) is 0 Å². The zero-order chi connectivity index (χ0) is 15.2. The van der Waals surface area contributed by atoms with Gasteiger partial charge in [-0.3, -0.25) is 15.0 Å². The molecule has 0 aromatic heterocycles. The van der Waals surface area contributed by atoms with Crippen molar-refractivity contribution in [2.75, 3.05) is 36.5 Å². The van der Waals surface area contributed by atoms with E-state index in [0.29, 0.717) is 0 Å². The molecule has 6 heteroatoms. The molecule has 112 valence electrons. The first-order chi connectivity index (χ1) is 10.1. The monoisotopic (exact) mass is 288 g/mol. The minimum absolute atomic E-state index is 0.0684. The lowest BCUT2D eigenvalue weighted by atomic mass is 10.2. The van der Waals surface area contributed by atoms with Crippen molar-refractivity contribution in [3.63, 3.8) is 0 Å². The predicted molar refractivity (Wildman–Crippen MR) is 83.9 cm³/mol. The third-order valence-corrected chi connectivity index (χ3v) is 3.31. The van der Waals surface area contributed by atoms with E-state index in [1.807, 2.05) is 24.3 Å². The van der Waals surface area contributed by atoms with Crippen LogP contribution in [-0.2, 0) is 9.59 Å². The number of piperazine rings is 1. The molecule has 1 aromatic rings. The molecular weight excluding hydrogens is 268 g/mol. The molecule has 0 unspecified atom stereocenters. The van der Waals surface area contributed by atoms with Gasteiger partial charge in [-0.15, -0.1) is 0 Å². The topological polar surface area (TPSA) is 73.8 Å². The Balaban J connectivity index is 2.03. The van der Waals surface area contributed by atoms with Crippen molar-refractivity contribution in [1.82, 2.24) is 5.32 Å². The zero-order valence-corrected chi connectivity index (χ0v) is 12.3. The summed E-state index contributed by atoms with van der Waals surface area (Å²) in [5.74, 6) is -0.681. The normalized spacial score (nSPS) is 14.5. The highest BCUT2D eigenvalue weighted by molar-refractivity contribution is 6.65. The van der Waals surface area contributed by atoms with Crippen molar-refractivity contribution in [3.05, 3.63) is 24.3 Å². The number of benzene rings is 1. The molecule has 21 heavy (non-hydrogen) atoms. The van der Waals surface area contributed by atoms with Crippen molar-refractivity contribution < 1.29 is 9.59 Å². The maximum Gasteiger partial charge on any atom is 0.183 e. The fraction of sp³-hybridized carbons (Fsp3) is 0.400. The fourth-order valence-electron chi connectivity index (χ4n) is 2.20. The first kappa shape index (κ1) is 15.2. The third-order valence-electron chi connectivity index (χ3n) is 3.31. The van der Waals surface area contributed by atoms with Crippen molar-refractivity contribution in [1.29, 1.82) is 0 Å². The van der Waals surface area contributed by atoms with Gasteiger partial charge in [0.25, 0.3) is 0 Å². The summed E-state index contributed by atoms with van der Waals surface area (Å²) in [7, 11) is 0. The van der Waals surface area contributed by atoms with Gasteiger partial charge >= 0.3 is 0 Å². The highest BCUT2D eigenvalue weighted by Gasteiger charge is 2.12. The Morgan fingerprint density at radius 3 is 2.19 bits per heavy atom. The molecule has 0 atom stereocenters. The van der Waals surface area contributed by atoms with Crippen LogP contribution in [0.1, 0.15) is 13.8 Å². The molecular formula is C15H20N4O2. The van der Waals surface area contributed by atoms with Gasteiger partial charge in [0.1, 0.15) is 0 Å². The van der Waals surface area contributed by atoms with Gasteiger partial charge in [0.2, 0.25) is 0 Å². The van der Waals surface area contributed by atoms with E-state index in [9.17, 15) is 9.59 Å². The second-order valence-electron chi connectivity index (χ2n) is 4.97. The number of hydrogen-bond acceptors (Lipinski definition) is 6. The molecule has 0 aliphatic carbocycles. The molecule has 0 bridgehead atoms. The minimum Gasteiger partial charge on any atom is -0.369 e. The molecule has 1 aromatic carbocycles. The number of nitrogens with one attached hydrogen (secondary N) is 2. The highest BCUT2D eigenvalue weighted by Crippen LogP contribution is 2.18. The lowest BCUT2D eigenvalue weighted by molar-refractivity contribution is -0.114. The second kappa shape index (κ2) is 6.99. The van der Waals surface area contributed by atoms with E-state index in [2.05, 4.69) is 20.7 Å². The molecule has 0 saturated carbocycles. The maximum absolute atomic E-state index is 11.3. The Kier molecular flexibility index (Phi) is 5.05. The Labute approximate surface area is 124 Å². The zero-order valence-electron chi connectivity index (χ0n) is 12.3. The molecule has 1 heterocycles. The molecule has 2 N–H and O–H groups in total. The van der Waals surface area contributed by atoms with Crippen molar-refractivity contribution >= 4 is 28.7 Å². The van der Waals surface area contributed by atoms with E-state index in [1.54, 1.807) is 0 Å². The van der Waals surface area contributed by atoms with Gasteiger partial charge in [-0.1, -0.05) is 0 Å². The number of ketones is 2. The molecule has 1 aliphatic heterocycles. The minimum atomic E-state index is -0.340. The van der Waals surface area contributed by atoms with Crippen LogP contribution in [-0.4, -0.2) is 43.5 Å². The highest BCUT2D eigenvalue weighted by atomic mass is 16.1. The smallest absolute Gasteiger partial charge is 0.183 e. The van der Waals surface area contributed by atoms with Gasteiger partial charge in [0.15, 0.2) is 17.3 Å². The predicted octanol–water partition coefficient (Wildman–Crippen LogP) is 1.04. The van der Waals surface area contributed by atoms with Crippen LogP contribution in [0.4, 0.5) is 11.4 Å². The van der Waals surface area contributed by atoms with Crippen LogP contribution < -0.4 is 15.6 Å². The molecule has 0 spiro atoms. The van der Waals surface area contributed by atoms with Crippen molar-refractivity contribution in [2.45, 2.75) is 13.8 Å². The number of carbonyl (C=O) groups is 2. The molecule has 1 saturated heterocycles. The van der Waals surface area contributed by atoms with E-state index >= 15 is 0 Å². The first-order valence-electron chi connectivity index (χ1n) is 6.99. The van der Waals surface area contributed by atoms with Crippen LogP contribution in [0.15, 0.2) is 29.4 Å². The van der Waals surface area contributed by atoms with Crippen LogP contribution >= 0.6 is 0 Å². The van der Waals surface area contributed by atoms with E-state index in [1.165, 1.54) is 13.8 Å². The maximum atomic E-state index is 11.3. The molecule has 2 rings (SSSR count). The van der Waals surface area contributed by atoms with Crippen molar-refractivity contribution in [2.24, 2.45) is 5.10 Å². The van der Waals surface area contributed by atoms with Crippen LogP contribution in [0.2, 0.25) is 0 Å². The van der Waals surface area contributed by atoms with Crippen LogP contribution in [0, 0.1) is 0 Å². The quantitative estimate of drug-likeness (QED) is 0.481. The third kappa shape index (κ3) is 4.13. The summed E-state index contributed by atoms with van der Waals surface area (Å²) in [6.07, 6.45) is 0. The number of hydrazone groups is 1. The van der Waals surface area contributed by atoms with Gasteiger partial charge in [0, 0.05) is 45.7 Å². The average Bonchev–Trinajstić information content (AvgIpc) is 2.48. The molecule has 0 radical (unpaired) electrons. The summed E-state index contributed by atoms with van der Waals surface area (Å²) in [6, 6.07) is 7.78. The van der Waals surface area contributed by atoms with E-state index in [0.717, 1.165) is 37.6 Å². The van der Waals surface area contributed by atoms with Gasteiger partial charge in [0.05, 0.1) is 5.69 Å². The Morgan fingerprint density at radius 1 is 1.10 bits per heavy atom. The number of anilines is 2. The summed E-state index contributed by atoms with van der Waals surface area (Å²) < 4.78 is 0. The van der Waals surface area contributed by atoms with Crippen LogP contribution in [0.25, 0.3) is 0 Å². The number of Topliss-reactive ketones (excluding diaryl/α,β-unsaturated/α-hetero) is 2. The van der Waals surface area contributed by atoms with Gasteiger partial charge in [-0.25, -0.2) is 0 Å². The SMILES string of the molecule is CC(=O)C(=NNc1ccc(N2CCNCC2)cc1)C(C)=O. The van der Waals surface area contributed by atoms with Gasteiger partial charge < -0.3 is 10.2 Å². The summed E-state index contributed by atoms with van der Waals surface area (Å²) in [5, 5.41) is 7.19. The molecule has 6 nitrogen and oxygen atoms in total. The van der Waals surface area contributed by atoms with E-state index in [-0.39, 0.29) is 17.3 Å².